The zero-order valence-electron chi connectivity index (χ0n) is 8.63. The zero-order chi connectivity index (χ0) is 11.7. The van der Waals surface area contributed by atoms with Crippen LogP contribution in [0.4, 0.5) is 0 Å². The van der Waals surface area contributed by atoms with Gasteiger partial charge in [0.2, 0.25) is 0 Å². The van der Waals surface area contributed by atoms with E-state index in [0.29, 0.717) is 0 Å². The molecule has 0 unspecified atom stereocenters. The lowest BCUT2D eigenvalue weighted by Crippen LogP contribution is -1.85. The van der Waals surface area contributed by atoms with Crippen LogP contribution in [0.2, 0.25) is 0 Å². The summed E-state index contributed by atoms with van der Waals surface area (Å²) in [5, 5.41) is 2.38. The first-order chi connectivity index (χ1) is 7.63. The Kier molecular flexibility index (Phi) is 3.31. The Labute approximate surface area is 112 Å². The Morgan fingerprint density at radius 2 is 2.00 bits per heavy atom. The predicted octanol–water partition coefficient (Wildman–Crippen LogP) is 5.61. The second kappa shape index (κ2) is 4.56. The molecule has 2 aromatic rings. The predicted molar refractivity (Wildman–Crippen MR) is 79.7 cm³/mol. The molecule has 0 amide bonds. The van der Waals surface area contributed by atoms with Crippen molar-refractivity contribution in [3.63, 3.8) is 0 Å². The van der Waals surface area contributed by atoms with E-state index in [1.807, 2.05) is 18.2 Å². The molecule has 0 N–H and O–H groups in total. The highest BCUT2D eigenvalue weighted by Gasteiger charge is 2.05. The normalized spacial score (nSPS) is 10.4. The van der Waals surface area contributed by atoms with Crippen molar-refractivity contribution in [3.8, 4) is 0 Å². The largest absolute Gasteiger partial charge is 0.0984 e. The lowest BCUT2D eigenvalue weighted by molar-refractivity contribution is 1.64. The van der Waals surface area contributed by atoms with Crippen molar-refractivity contribution in [2.24, 2.45) is 0 Å². The minimum absolute atomic E-state index is 0.879. The van der Waals surface area contributed by atoms with Crippen molar-refractivity contribution in [1.29, 1.82) is 0 Å². The second-order valence-corrected chi connectivity index (χ2v) is 5.32. The van der Waals surface area contributed by atoms with Gasteiger partial charge in [-0.25, -0.2) is 0 Å². The molecule has 0 saturated carbocycles. The van der Waals surface area contributed by atoms with Crippen LogP contribution >= 0.6 is 31.9 Å². The number of hydrogen-bond donors (Lipinski definition) is 0. The molecular weight excluding hydrogens is 328 g/mol. The van der Waals surface area contributed by atoms with Crippen LogP contribution < -0.4 is 0 Å². The van der Waals surface area contributed by atoms with Crippen molar-refractivity contribution in [2.75, 3.05) is 0 Å². The Bertz CT molecular complexity index is 583. The summed E-state index contributed by atoms with van der Waals surface area (Å²) in [6.45, 7) is 7.75. The second-order valence-electron chi connectivity index (χ2n) is 3.51. The highest BCUT2D eigenvalue weighted by Crippen LogP contribution is 2.31. The minimum Gasteiger partial charge on any atom is -0.0984 e. The lowest BCUT2D eigenvalue weighted by Gasteiger charge is -2.08. The number of rotatable bonds is 2. The number of benzene rings is 2. The number of hydrogen-bond acceptors (Lipinski definition) is 0. The Hall–Kier alpha value is -0.860. The molecule has 0 bridgehead atoms. The van der Waals surface area contributed by atoms with Crippen LogP contribution in [-0.2, 0) is 0 Å². The number of halogens is 2. The van der Waals surface area contributed by atoms with Gasteiger partial charge >= 0.3 is 0 Å². The minimum atomic E-state index is 0.879. The zero-order valence-corrected chi connectivity index (χ0v) is 11.8. The molecule has 80 valence electrons. The molecule has 2 aromatic carbocycles. The summed E-state index contributed by atoms with van der Waals surface area (Å²) in [6.07, 6.45) is 1.85. The summed E-state index contributed by atoms with van der Waals surface area (Å²) in [5.74, 6) is 0. The molecular formula is C14H10Br2. The van der Waals surface area contributed by atoms with Gasteiger partial charge in [-0.05, 0) is 40.1 Å². The van der Waals surface area contributed by atoms with E-state index < -0.39 is 0 Å². The topological polar surface area (TPSA) is 0 Å². The third-order valence-electron chi connectivity index (χ3n) is 2.51. The van der Waals surface area contributed by atoms with Gasteiger partial charge in [0.1, 0.15) is 0 Å². The lowest BCUT2D eigenvalue weighted by atomic mass is 10.0. The average Bonchev–Trinajstić information content (AvgIpc) is 2.28. The Morgan fingerprint density at radius 3 is 2.62 bits per heavy atom. The fourth-order valence-corrected chi connectivity index (χ4v) is 2.55. The van der Waals surface area contributed by atoms with Crippen molar-refractivity contribution < 1.29 is 0 Å². The quantitative estimate of drug-likeness (QED) is 0.668. The van der Waals surface area contributed by atoms with Crippen molar-refractivity contribution in [2.45, 2.75) is 0 Å². The van der Waals surface area contributed by atoms with Gasteiger partial charge in [0.05, 0.1) is 0 Å². The van der Waals surface area contributed by atoms with Crippen LogP contribution in [0.1, 0.15) is 11.1 Å². The van der Waals surface area contributed by atoms with Gasteiger partial charge in [-0.1, -0.05) is 63.2 Å². The summed E-state index contributed by atoms with van der Waals surface area (Å²) in [7, 11) is 0. The van der Waals surface area contributed by atoms with Crippen molar-refractivity contribution in [1.82, 2.24) is 0 Å². The smallest absolute Gasteiger partial charge is 0.0253 e. The van der Waals surface area contributed by atoms with Gasteiger partial charge in [0.15, 0.2) is 0 Å². The summed E-state index contributed by atoms with van der Waals surface area (Å²) in [5.41, 5.74) is 2.17. The van der Waals surface area contributed by atoms with Gasteiger partial charge in [0, 0.05) is 8.96 Å². The van der Waals surface area contributed by atoms with Gasteiger partial charge in [-0.2, -0.15) is 0 Å². The molecule has 0 heterocycles. The highest BCUT2D eigenvalue weighted by atomic mass is 79.9. The molecule has 0 aliphatic carbocycles. The molecule has 0 aliphatic rings. The van der Waals surface area contributed by atoms with E-state index in [-0.39, 0.29) is 0 Å². The van der Waals surface area contributed by atoms with Crippen molar-refractivity contribution in [3.05, 3.63) is 59.1 Å². The fraction of sp³-hybridized carbons (Fsp3) is 0. The summed E-state index contributed by atoms with van der Waals surface area (Å²) >= 11 is 6.98. The summed E-state index contributed by atoms with van der Waals surface area (Å²) < 4.78 is 1.98. The third-order valence-corrected chi connectivity index (χ3v) is 3.63. The molecule has 0 atom stereocenters. The highest BCUT2D eigenvalue weighted by molar-refractivity contribution is 9.15. The fourth-order valence-electron chi connectivity index (χ4n) is 1.71. The van der Waals surface area contributed by atoms with E-state index in [1.54, 1.807) is 0 Å². The van der Waals surface area contributed by atoms with Crippen LogP contribution in [-0.4, -0.2) is 0 Å². The molecule has 0 aromatic heterocycles. The molecule has 2 rings (SSSR count). The van der Waals surface area contributed by atoms with E-state index in [4.69, 9.17) is 0 Å². The van der Waals surface area contributed by atoms with E-state index in [2.05, 4.69) is 63.2 Å². The molecule has 2 heteroatoms. The van der Waals surface area contributed by atoms with E-state index in [0.717, 1.165) is 20.1 Å². The Morgan fingerprint density at radius 1 is 1.25 bits per heavy atom. The molecule has 0 radical (unpaired) electrons. The van der Waals surface area contributed by atoms with Crippen molar-refractivity contribution >= 4 is 53.2 Å². The average molecular weight is 338 g/mol. The summed E-state index contributed by atoms with van der Waals surface area (Å²) in [4.78, 5) is 0. The molecule has 0 fully saturated rings. The van der Waals surface area contributed by atoms with Gasteiger partial charge in [-0.3, -0.25) is 0 Å². The molecule has 0 spiro atoms. The SMILES string of the molecule is C=Cc1cc2c(Br)cccc2cc1C(=C)Br. The van der Waals surface area contributed by atoms with Gasteiger partial charge in [0.25, 0.3) is 0 Å². The molecule has 16 heavy (non-hydrogen) atoms. The first kappa shape index (κ1) is 11.6. The molecule has 0 aliphatic heterocycles. The first-order valence-electron chi connectivity index (χ1n) is 4.83. The van der Waals surface area contributed by atoms with Gasteiger partial charge in [-0.15, -0.1) is 0 Å². The van der Waals surface area contributed by atoms with Crippen LogP contribution in [0.5, 0.6) is 0 Å². The summed E-state index contributed by atoms with van der Waals surface area (Å²) in [6, 6.07) is 10.4. The van der Waals surface area contributed by atoms with E-state index >= 15 is 0 Å². The van der Waals surface area contributed by atoms with E-state index in [1.165, 1.54) is 10.8 Å². The van der Waals surface area contributed by atoms with Crippen LogP contribution in [0.15, 0.2) is 48.0 Å². The van der Waals surface area contributed by atoms with Crippen LogP contribution in [0.25, 0.3) is 21.3 Å². The monoisotopic (exact) mass is 336 g/mol. The standard InChI is InChI=1S/C14H10Br2/c1-3-10-7-13-11(5-4-6-14(13)16)8-12(10)9(2)15/h3-8H,1-2H2. The maximum Gasteiger partial charge on any atom is 0.0253 e. The maximum absolute atomic E-state index is 3.92. The van der Waals surface area contributed by atoms with Crippen LogP contribution in [0, 0.1) is 0 Å². The maximum atomic E-state index is 3.92. The van der Waals surface area contributed by atoms with Gasteiger partial charge < -0.3 is 0 Å². The Balaban J connectivity index is 2.85. The first-order valence-corrected chi connectivity index (χ1v) is 6.41. The molecule has 0 saturated heterocycles. The molecule has 0 nitrogen and oxygen atoms in total. The van der Waals surface area contributed by atoms with Crippen LogP contribution in [0.3, 0.4) is 0 Å². The van der Waals surface area contributed by atoms with E-state index in [9.17, 15) is 0 Å². The third kappa shape index (κ3) is 2.00. The number of fused-ring (bicyclic) bond motifs is 1.